The summed E-state index contributed by atoms with van der Waals surface area (Å²) in [5.74, 6) is -0.431. The minimum absolute atomic E-state index is 0.186. The summed E-state index contributed by atoms with van der Waals surface area (Å²) >= 11 is 0. The Hall–Kier alpha value is -3.99. The van der Waals surface area contributed by atoms with Crippen LogP contribution in [0.1, 0.15) is 27.2 Å². The zero-order valence-corrected chi connectivity index (χ0v) is 15.1. The van der Waals surface area contributed by atoms with E-state index in [1.54, 1.807) is 60.1 Å². The lowest BCUT2D eigenvalue weighted by atomic mass is 10.1. The summed E-state index contributed by atoms with van der Waals surface area (Å²) in [6.45, 7) is 2.13. The molecule has 140 valence electrons. The van der Waals surface area contributed by atoms with Crippen molar-refractivity contribution in [3.05, 3.63) is 87.1 Å². The first kappa shape index (κ1) is 18.8. The number of nitrogens with zero attached hydrogens (tertiary/aromatic N) is 4. The lowest BCUT2D eigenvalue weighted by molar-refractivity contribution is -0.389. The van der Waals surface area contributed by atoms with E-state index < -0.39 is 4.92 Å². The molecule has 3 aromatic rings. The quantitative estimate of drug-likeness (QED) is 0.523. The Bertz CT molecular complexity index is 1050. The summed E-state index contributed by atoms with van der Waals surface area (Å²) < 4.78 is 1.55. The second-order valence-corrected chi connectivity index (χ2v) is 6.24. The van der Waals surface area contributed by atoms with Crippen molar-refractivity contribution in [2.45, 2.75) is 19.9 Å². The number of nitro groups is 1. The van der Waals surface area contributed by atoms with E-state index in [2.05, 4.69) is 16.5 Å². The van der Waals surface area contributed by atoms with Crippen molar-refractivity contribution in [1.82, 2.24) is 9.78 Å². The van der Waals surface area contributed by atoms with Crippen LogP contribution in [-0.2, 0) is 13.0 Å². The largest absolute Gasteiger partial charge is 0.390 e. The van der Waals surface area contributed by atoms with Crippen LogP contribution in [0.4, 0.5) is 11.5 Å². The molecule has 2 aromatic carbocycles. The first-order valence-corrected chi connectivity index (χ1v) is 8.51. The molecule has 0 fully saturated rings. The van der Waals surface area contributed by atoms with E-state index in [0.717, 1.165) is 11.1 Å². The second kappa shape index (κ2) is 8.14. The van der Waals surface area contributed by atoms with Crippen molar-refractivity contribution in [2.75, 3.05) is 5.32 Å². The van der Waals surface area contributed by atoms with Gasteiger partial charge in [-0.3, -0.25) is 4.79 Å². The fourth-order valence-corrected chi connectivity index (χ4v) is 2.68. The molecule has 0 aliphatic heterocycles. The van der Waals surface area contributed by atoms with Crippen molar-refractivity contribution in [2.24, 2.45) is 0 Å². The van der Waals surface area contributed by atoms with Crippen LogP contribution in [0.25, 0.3) is 0 Å². The molecule has 1 aromatic heterocycles. The molecule has 0 unspecified atom stereocenters. The first-order chi connectivity index (χ1) is 13.5. The van der Waals surface area contributed by atoms with Crippen LogP contribution in [0.3, 0.4) is 0 Å². The maximum Gasteiger partial charge on any atom is 0.390 e. The van der Waals surface area contributed by atoms with Gasteiger partial charge in [0, 0.05) is 11.3 Å². The van der Waals surface area contributed by atoms with E-state index in [9.17, 15) is 14.9 Å². The fraction of sp³-hybridized carbons (Fsp3) is 0.150. The zero-order chi connectivity index (χ0) is 20.1. The Morgan fingerprint density at radius 1 is 1.18 bits per heavy atom. The molecule has 1 heterocycles. The molecule has 8 nitrogen and oxygen atoms in total. The number of amides is 1. The molecule has 0 aliphatic rings. The summed E-state index contributed by atoms with van der Waals surface area (Å²) in [5, 5.41) is 26.3. The van der Waals surface area contributed by atoms with Gasteiger partial charge in [-0.2, -0.15) is 9.94 Å². The molecular formula is C20H17N5O3. The average molecular weight is 375 g/mol. The number of carbonyl (C=O) groups is 1. The number of aryl methyl sites for hydroxylation is 1. The van der Waals surface area contributed by atoms with Crippen LogP contribution in [0.15, 0.2) is 54.6 Å². The predicted molar refractivity (Wildman–Crippen MR) is 103 cm³/mol. The van der Waals surface area contributed by atoms with Gasteiger partial charge in [-0.25, -0.2) is 0 Å². The van der Waals surface area contributed by atoms with E-state index >= 15 is 0 Å². The molecule has 0 radical (unpaired) electrons. The van der Waals surface area contributed by atoms with Gasteiger partial charge < -0.3 is 15.4 Å². The van der Waals surface area contributed by atoms with Gasteiger partial charge in [0.2, 0.25) is 0 Å². The van der Waals surface area contributed by atoms with Crippen LogP contribution < -0.4 is 5.32 Å². The van der Waals surface area contributed by atoms with Crippen LogP contribution in [0.2, 0.25) is 0 Å². The van der Waals surface area contributed by atoms with Crippen LogP contribution >= 0.6 is 0 Å². The third kappa shape index (κ3) is 4.40. The topological polar surface area (TPSA) is 114 Å². The van der Waals surface area contributed by atoms with Gasteiger partial charge in [0.25, 0.3) is 5.91 Å². The molecule has 1 amide bonds. The van der Waals surface area contributed by atoms with E-state index in [1.807, 2.05) is 0 Å². The number of anilines is 1. The van der Waals surface area contributed by atoms with Crippen molar-refractivity contribution in [3.63, 3.8) is 0 Å². The lowest BCUT2D eigenvalue weighted by Gasteiger charge is -2.07. The molecule has 3 rings (SSSR count). The average Bonchev–Trinajstić information content (AvgIpc) is 3.05. The number of rotatable bonds is 6. The number of aromatic nitrogens is 2. The summed E-state index contributed by atoms with van der Waals surface area (Å²) in [5.41, 5.74) is 3.59. The second-order valence-electron chi connectivity index (χ2n) is 6.24. The summed E-state index contributed by atoms with van der Waals surface area (Å²) in [6, 6.07) is 17.6. The molecule has 0 saturated heterocycles. The number of nitrogens with one attached hydrogen (secondary N) is 1. The van der Waals surface area contributed by atoms with Gasteiger partial charge in [-0.1, -0.05) is 24.3 Å². The van der Waals surface area contributed by atoms with Gasteiger partial charge in [0.15, 0.2) is 0 Å². The third-order valence-corrected chi connectivity index (χ3v) is 4.20. The number of hydrogen-bond donors (Lipinski definition) is 1. The normalized spacial score (nSPS) is 10.3. The van der Waals surface area contributed by atoms with Crippen molar-refractivity contribution < 1.29 is 9.72 Å². The summed E-state index contributed by atoms with van der Waals surface area (Å²) in [7, 11) is 0. The lowest BCUT2D eigenvalue weighted by Crippen LogP contribution is -2.12. The SMILES string of the molecule is Cc1cc([N+](=O)[O-])nn1Cc1ccc(C(=O)Nc2ccc(CC#N)cc2)cc1. The molecule has 0 atom stereocenters. The van der Waals surface area contributed by atoms with Gasteiger partial charge in [0.05, 0.1) is 35.9 Å². The maximum absolute atomic E-state index is 12.4. The highest BCUT2D eigenvalue weighted by Crippen LogP contribution is 2.15. The third-order valence-electron chi connectivity index (χ3n) is 4.20. The molecule has 28 heavy (non-hydrogen) atoms. The molecular weight excluding hydrogens is 358 g/mol. The number of hydrogen-bond acceptors (Lipinski definition) is 5. The fourth-order valence-electron chi connectivity index (χ4n) is 2.68. The maximum atomic E-state index is 12.4. The Kier molecular flexibility index (Phi) is 5.46. The Morgan fingerprint density at radius 3 is 2.39 bits per heavy atom. The molecule has 0 spiro atoms. The highest BCUT2D eigenvalue weighted by atomic mass is 16.6. The number of carbonyl (C=O) groups excluding carboxylic acids is 1. The zero-order valence-electron chi connectivity index (χ0n) is 15.1. The Morgan fingerprint density at radius 2 is 1.82 bits per heavy atom. The van der Waals surface area contributed by atoms with Gasteiger partial charge >= 0.3 is 5.82 Å². The van der Waals surface area contributed by atoms with Crippen LogP contribution in [-0.4, -0.2) is 20.6 Å². The van der Waals surface area contributed by atoms with Crippen LogP contribution in [0.5, 0.6) is 0 Å². The summed E-state index contributed by atoms with van der Waals surface area (Å²) in [6.07, 6.45) is 0.328. The Labute approximate surface area is 161 Å². The van der Waals surface area contributed by atoms with Gasteiger partial charge in [-0.05, 0) is 47.2 Å². The molecule has 0 bridgehead atoms. The molecule has 8 heteroatoms. The molecule has 0 saturated carbocycles. The van der Waals surface area contributed by atoms with Crippen molar-refractivity contribution in [1.29, 1.82) is 5.26 Å². The minimum Gasteiger partial charge on any atom is -0.358 e. The minimum atomic E-state index is -0.524. The summed E-state index contributed by atoms with van der Waals surface area (Å²) in [4.78, 5) is 22.7. The smallest absolute Gasteiger partial charge is 0.358 e. The number of nitriles is 1. The van der Waals surface area contributed by atoms with Crippen LogP contribution in [0, 0.1) is 28.4 Å². The molecule has 0 aliphatic carbocycles. The van der Waals surface area contributed by atoms with Gasteiger partial charge in [-0.15, -0.1) is 0 Å². The van der Waals surface area contributed by atoms with E-state index in [1.165, 1.54) is 6.07 Å². The standard InChI is InChI=1S/C20H17N5O3/c1-14-12-19(25(27)28)23-24(14)13-16-2-6-17(7-3-16)20(26)22-18-8-4-15(5-9-18)10-11-21/h2-9,12H,10,13H2,1H3,(H,22,26). The van der Waals surface area contributed by atoms with E-state index in [-0.39, 0.29) is 11.7 Å². The van der Waals surface area contributed by atoms with Crippen molar-refractivity contribution in [3.8, 4) is 6.07 Å². The monoisotopic (exact) mass is 375 g/mol. The highest BCUT2D eigenvalue weighted by molar-refractivity contribution is 6.04. The Balaban J connectivity index is 1.65. The van der Waals surface area contributed by atoms with Crippen molar-refractivity contribution >= 4 is 17.4 Å². The predicted octanol–water partition coefficient (Wildman–Crippen LogP) is 3.47. The van der Waals surface area contributed by atoms with E-state index in [0.29, 0.717) is 29.9 Å². The highest BCUT2D eigenvalue weighted by Gasteiger charge is 2.15. The van der Waals surface area contributed by atoms with E-state index in [4.69, 9.17) is 5.26 Å². The van der Waals surface area contributed by atoms with Gasteiger partial charge in [0.1, 0.15) is 0 Å². The molecule has 1 N–H and O–H groups in total. The number of benzene rings is 2. The first-order valence-electron chi connectivity index (χ1n) is 8.51.